The van der Waals surface area contributed by atoms with Crippen molar-refractivity contribution in [3.8, 4) is 0 Å². The number of amides is 2. The molecule has 0 atom stereocenters. The number of thiazole rings is 1. The molecule has 0 aliphatic heterocycles. The molecule has 0 aliphatic carbocycles. The van der Waals surface area contributed by atoms with Crippen molar-refractivity contribution in [1.82, 2.24) is 20.0 Å². The number of rotatable bonds is 6. The van der Waals surface area contributed by atoms with Gasteiger partial charge < -0.3 is 10.6 Å². The van der Waals surface area contributed by atoms with Crippen molar-refractivity contribution in [2.75, 3.05) is 13.1 Å². The van der Waals surface area contributed by atoms with Gasteiger partial charge in [0.25, 0.3) is 5.91 Å². The number of nitrogens with zero attached hydrogens (tertiary/aromatic N) is 2. The van der Waals surface area contributed by atoms with E-state index in [1.165, 1.54) is 17.4 Å². The Bertz CT molecular complexity index is 917. The Labute approximate surface area is 153 Å². The van der Waals surface area contributed by atoms with E-state index in [2.05, 4.69) is 15.6 Å². The van der Waals surface area contributed by atoms with E-state index >= 15 is 0 Å². The maximum atomic E-state index is 11.9. The highest BCUT2D eigenvalue weighted by Crippen LogP contribution is 2.22. The van der Waals surface area contributed by atoms with Crippen LogP contribution >= 0.6 is 22.9 Å². The van der Waals surface area contributed by atoms with Gasteiger partial charge in [-0.05, 0) is 18.2 Å². The number of carbonyl (C=O) groups excluding carboxylic acids is 2. The molecule has 8 heteroatoms. The van der Waals surface area contributed by atoms with Gasteiger partial charge in [0.05, 0.1) is 5.69 Å². The summed E-state index contributed by atoms with van der Waals surface area (Å²) in [6.07, 6.45) is 4.86. The minimum Gasteiger partial charge on any atom is -0.351 e. The highest BCUT2D eigenvalue weighted by atomic mass is 35.5. The van der Waals surface area contributed by atoms with Gasteiger partial charge in [-0.15, -0.1) is 11.3 Å². The number of carbonyl (C=O) groups is 2. The van der Waals surface area contributed by atoms with Crippen LogP contribution in [0.15, 0.2) is 48.0 Å². The molecule has 6 nitrogen and oxygen atoms in total. The lowest BCUT2D eigenvalue weighted by Crippen LogP contribution is -2.33. The Morgan fingerprint density at radius 3 is 2.76 bits per heavy atom. The minimum absolute atomic E-state index is 0.170. The van der Waals surface area contributed by atoms with Gasteiger partial charge in [0.15, 0.2) is 10.1 Å². The topological polar surface area (TPSA) is 75.5 Å². The lowest BCUT2D eigenvalue weighted by atomic mass is 10.2. The van der Waals surface area contributed by atoms with Crippen molar-refractivity contribution in [3.63, 3.8) is 0 Å². The predicted molar refractivity (Wildman–Crippen MR) is 98.9 cm³/mol. The third kappa shape index (κ3) is 4.26. The molecule has 0 spiro atoms. The summed E-state index contributed by atoms with van der Waals surface area (Å²) >= 11 is 7.52. The number of fused-ring (bicyclic) bond motifs is 1. The predicted octanol–water partition coefficient (Wildman–Crippen LogP) is 2.61. The standard InChI is InChI=1S/C17H15ClN4O2S/c18-15-13(22-10-11-25-17(22)21-15)6-7-14(23)19-8-9-20-16(24)12-4-2-1-3-5-12/h1-7,10-11H,8-9H2,(H,19,23)(H,20,24)/b7-6+. The van der Waals surface area contributed by atoms with E-state index in [1.807, 2.05) is 22.0 Å². The summed E-state index contributed by atoms with van der Waals surface area (Å²) in [7, 11) is 0. The second kappa shape index (κ2) is 7.96. The highest BCUT2D eigenvalue weighted by Gasteiger charge is 2.08. The summed E-state index contributed by atoms with van der Waals surface area (Å²) in [5, 5.41) is 7.69. The molecule has 2 aromatic heterocycles. The Kier molecular flexibility index (Phi) is 5.47. The molecule has 2 heterocycles. The van der Waals surface area contributed by atoms with Crippen LogP contribution in [0.3, 0.4) is 0 Å². The zero-order chi connectivity index (χ0) is 17.6. The average molecular weight is 375 g/mol. The number of halogens is 1. The molecule has 2 N–H and O–H groups in total. The first-order valence-corrected chi connectivity index (χ1v) is 8.81. The molecule has 3 aromatic rings. The zero-order valence-corrected chi connectivity index (χ0v) is 14.7. The van der Waals surface area contributed by atoms with Crippen LogP contribution in [0.1, 0.15) is 16.1 Å². The molecule has 0 saturated carbocycles. The average Bonchev–Trinajstić information content (AvgIpc) is 3.18. The molecule has 25 heavy (non-hydrogen) atoms. The molecule has 2 amide bonds. The van der Waals surface area contributed by atoms with E-state index in [0.29, 0.717) is 29.5 Å². The van der Waals surface area contributed by atoms with Crippen LogP contribution in [0.5, 0.6) is 0 Å². The summed E-state index contributed by atoms with van der Waals surface area (Å²) in [5.41, 5.74) is 1.24. The lowest BCUT2D eigenvalue weighted by molar-refractivity contribution is -0.116. The smallest absolute Gasteiger partial charge is 0.251 e. The van der Waals surface area contributed by atoms with Crippen LogP contribution < -0.4 is 10.6 Å². The lowest BCUT2D eigenvalue weighted by Gasteiger charge is -2.05. The summed E-state index contributed by atoms with van der Waals surface area (Å²) in [5.74, 6) is -0.438. The number of aromatic nitrogens is 2. The fourth-order valence-electron chi connectivity index (χ4n) is 2.19. The number of hydrogen-bond donors (Lipinski definition) is 2. The van der Waals surface area contributed by atoms with Gasteiger partial charge in [0.2, 0.25) is 5.91 Å². The quantitative estimate of drug-likeness (QED) is 0.514. The van der Waals surface area contributed by atoms with Gasteiger partial charge >= 0.3 is 0 Å². The third-order valence-electron chi connectivity index (χ3n) is 3.39. The van der Waals surface area contributed by atoms with Crippen molar-refractivity contribution < 1.29 is 9.59 Å². The Morgan fingerprint density at radius 1 is 1.20 bits per heavy atom. The van der Waals surface area contributed by atoms with Crippen LogP contribution in [-0.2, 0) is 4.79 Å². The maximum Gasteiger partial charge on any atom is 0.251 e. The van der Waals surface area contributed by atoms with Crippen molar-refractivity contribution in [2.24, 2.45) is 0 Å². The van der Waals surface area contributed by atoms with Crippen molar-refractivity contribution in [1.29, 1.82) is 0 Å². The summed E-state index contributed by atoms with van der Waals surface area (Å²) in [6.45, 7) is 0.672. The van der Waals surface area contributed by atoms with Gasteiger partial charge in [-0.25, -0.2) is 4.98 Å². The van der Waals surface area contributed by atoms with E-state index in [1.54, 1.807) is 30.3 Å². The molecule has 1 aromatic carbocycles. The molecule has 0 fully saturated rings. The fraction of sp³-hybridized carbons (Fsp3) is 0.118. The SMILES string of the molecule is O=C(/C=C/c1c(Cl)nc2sccn12)NCCNC(=O)c1ccccc1. The summed E-state index contributed by atoms with van der Waals surface area (Å²) in [4.78, 5) is 28.7. The molecule has 0 radical (unpaired) electrons. The Morgan fingerprint density at radius 2 is 1.96 bits per heavy atom. The van der Waals surface area contributed by atoms with Gasteiger partial charge in [0, 0.05) is 36.3 Å². The van der Waals surface area contributed by atoms with Gasteiger partial charge in [-0.2, -0.15) is 0 Å². The molecule has 0 saturated heterocycles. The van der Waals surface area contributed by atoms with E-state index in [4.69, 9.17) is 11.6 Å². The van der Waals surface area contributed by atoms with E-state index in [9.17, 15) is 9.59 Å². The van der Waals surface area contributed by atoms with Crippen LogP contribution in [0, 0.1) is 0 Å². The molecule has 0 aliphatic rings. The van der Waals surface area contributed by atoms with E-state index < -0.39 is 0 Å². The van der Waals surface area contributed by atoms with Crippen LogP contribution in [0.4, 0.5) is 0 Å². The molecule has 128 valence electrons. The number of benzene rings is 1. The first kappa shape index (κ1) is 17.2. The minimum atomic E-state index is -0.268. The Balaban J connectivity index is 1.46. The molecular weight excluding hydrogens is 360 g/mol. The molecular formula is C17H15ClN4O2S. The zero-order valence-electron chi connectivity index (χ0n) is 13.1. The summed E-state index contributed by atoms with van der Waals surface area (Å²) in [6, 6.07) is 8.91. The second-order valence-corrected chi connectivity index (χ2v) is 6.32. The monoisotopic (exact) mass is 374 g/mol. The van der Waals surface area contributed by atoms with Gasteiger partial charge in [-0.3, -0.25) is 14.0 Å². The van der Waals surface area contributed by atoms with Crippen LogP contribution in [-0.4, -0.2) is 34.3 Å². The highest BCUT2D eigenvalue weighted by molar-refractivity contribution is 7.15. The Hall–Kier alpha value is -2.64. The molecule has 3 rings (SSSR count). The van der Waals surface area contributed by atoms with E-state index in [-0.39, 0.29) is 11.8 Å². The van der Waals surface area contributed by atoms with Gasteiger partial charge in [0.1, 0.15) is 0 Å². The second-order valence-electron chi connectivity index (χ2n) is 5.09. The third-order valence-corrected chi connectivity index (χ3v) is 4.43. The van der Waals surface area contributed by atoms with Crippen LogP contribution in [0.25, 0.3) is 11.0 Å². The number of hydrogen-bond acceptors (Lipinski definition) is 4. The van der Waals surface area contributed by atoms with Crippen molar-refractivity contribution in [2.45, 2.75) is 0 Å². The van der Waals surface area contributed by atoms with E-state index in [0.717, 1.165) is 4.96 Å². The van der Waals surface area contributed by atoms with Crippen molar-refractivity contribution in [3.05, 3.63) is 64.4 Å². The van der Waals surface area contributed by atoms with Crippen molar-refractivity contribution >= 4 is 45.8 Å². The molecule has 0 unspecified atom stereocenters. The number of nitrogens with one attached hydrogen (secondary N) is 2. The first-order chi connectivity index (χ1) is 12.1. The first-order valence-electron chi connectivity index (χ1n) is 7.55. The number of imidazole rings is 1. The maximum absolute atomic E-state index is 11.9. The normalized spacial score (nSPS) is 11.1. The van der Waals surface area contributed by atoms with Gasteiger partial charge in [-0.1, -0.05) is 29.8 Å². The fourth-order valence-corrected chi connectivity index (χ4v) is 3.20. The summed E-state index contributed by atoms with van der Waals surface area (Å²) < 4.78 is 1.82. The van der Waals surface area contributed by atoms with Crippen LogP contribution in [0.2, 0.25) is 5.15 Å². The largest absolute Gasteiger partial charge is 0.351 e. The molecule has 0 bridgehead atoms.